The summed E-state index contributed by atoms with van der Waals surface area (Å²) in [5.74, 6) is -1.38. The first-order chi connectivity index (χ1) is 8.51. The predicted molar refractivity (Wildman–Crippen MR) is 66.3 cm³/mol. The summed E-state index contributed by atoms with van der Waals surface area (Å²) in [4.78, 5) is 26.5. The molecule has 0 spiro atoms. The van der Waals surface area contributed by atoms with Crippen LogP contribution in [0.3, 0.4) is 0 Å². The van der Waals surface area contributed by atoms with Crippen molar-refractivity contribution in [1.29, 1.82) is 0 Å². The third-order valence-corrected chi connectivity index (χ3v) is 3.43. The minimum Gasteiger partial charge on any atom is -0.481 e. The minimum atomic E-state index is -0.861. The van der Waals surface area contributed by atoms with Gasteiger partial charge in [-0.2, -0.15) is 0 Å². The van der Waals surface area contributed by atoms with E-state index in [-0.39, 0.29) is 25.1 Å². The van der Waals surface area contributed by atoms with Gasteiger partial charge in [0.25, 0.3) is 0 Å². The summed E-state index contributed by atoms with van der Waals surface area (Å²) in [6.45, 7) is 6.04. The van der Waals surface area contributed by atoms with Crippen LogP contribution in [-0.4, -0.2) is 72.7 Å². The lowest BCUT2D eigenvalue weighted by molar-refractivity contribution is -0.144. The van der Waals surface area contributed by atoms with E-state index >= 15 is 0 Å². The van der Waals surface area contributed by atoms with E-state index in [1.807, 2.05) is 13.8 Å². The molecule has 1 fully saturated rings. The highest BCUT2D eigenvalue weighted by Crippen LogP contribution is 2.18. The number of ether oxygens (including phenoxy) is 1. The molecule has 1 aliphatic heterocycles. The van der Waals surface area contributed by atoms with Crippen LogP contribution in [0.15, 0.2) is 0 Å². The summed E-state index contributed by atoms with van der Waals surface area (Å²) < 4.78 is 5.20. The molecule has 0 bridgehead atoms. The molecular formula is C12H22N2O4. The SMILES string of the molecule is CCN(CC)C(=O)CN(C)C1COCC1C(=O)O. The third kappa shape index (κ3) is 3.43. The molecule has 0 aromatic carbocycles. The van der Waals surface area contributed by atoms with E-state index in [1.165, 1.54) is 0 Å². The Bertz CT molecular complexity index is 304. The van der Waals surface area contributed by atoms with Gasteiger partial charge in [-0.05, 0) is 20.9 Å². The van der Waals surface area contributed by atoms with Crippen molar-refractivity contribution in [1.82, 2.24) is 9.80 Å². The molecule has 1 aliphatic rings. The summed E-state index contributed by atoms with van der Waals surface area (Å²) in [5, 5.41) is 9.07. The van der Waals surface area contributed by atoms with Crippen LogP contribution in [0.2, 0.25) is 0 Å². The molecular weight excluding hydrogens is 236 g/mol. The van der Waals surface area contributed by atoms with Crippen molar-refractivity contribution in [2.75, 3.05) is 39.9 Å². The number of carbonyl (C=O) groups excluding carboxylic acids is 1. The van der Waals surface area contributed by atoms with Gasteiger partial charge in [0, 0.05) is 19.1 Å². The Kier molecular flexibility index (Phi) is 5.55. The Balaban J connectivity index is 2.56. The number of amides is 1. The molecule has 0 aromatic heterocycles. The van der Waals surface area contributed by atoms with Gasteiger partial charge in [0.05, 0.1) is 25.7 Å². The van der Waals surface area contributed by atoms with Gasteiger partial charge in [-0.3, -0.25) is 14.5 Å². The van der Waals surface area contributed by atoms with Crippen LogP contribution in [0.25, 0.3) is 0 Å². The molecule has 2 atom stereocenters. The molecule has 1 N–H and O–H groups in total. The molecule has 0 radical (unpaired) electrons. The summed E-state index contributed by atoms with van der Waals surface area (Å²) >= 11 is 0. The van der Waals surface area contributed by atoms with Crippen molar-refractivity contribution >= 4 is 11.9 Å². The van der Waals surface area contributed by atoms with Gasteiger partial charge in [0.1, 0.15) is 0 Å². The fraction of sp³-hybridized carbons (Fsp3) is 0.833. The lowest BCUT2D eigenvalue weighted by atomic mass is 10.0. The first-order valence-corrected chi connectivity index (χ1v) is 6.29. The van der Waals surface area contributed by atoms with Gasteiger partial charge < -0.3 is 14.7 Å². The molecule has 0 aromatic rings. The highest BCUT2D eigenvalue weighted by Gasteiger charge is 2.37. The molecule has 6 heteroatoms. The second kappa shape index (κ2) is 6.70. The molecule has 2 unspecified atom stereocenters. The standard InChI is InChI=1S/C12H22N2O4/c1-4-14(5-2)11(15)6-13(3)10-8-18-7-9(10)12(16)17/h9-10H,4-8H2,1-3H3,(H,16,17). The zero-order valence-electron chi connectivity index (χ0n) is 11.3. The van der Waals surface area contributed by atoms with Crippen molar-refractivity contribution in [3.63, 3.8) is 0 Å². The Hall–Kier alpha value is -1.14. The average Bonchev–Trinajstić information content (AvgIpc) is 2.79. The van der Waals surface area contributed by atoms with E-state index in [4.69, 9.17) is 9.84 Å². The smallest absolute Gasteiger partial charge is 0.310 e. The van der Waals surface area contributed by atoms with E-state index < -0.39 is 11.9 Å². The largest absolute Gasteiger partial charge is 0.481 e. The quantitative estimate of drug-likeness (QED) is 0.719. The van der Waals surface area contributed by atoms with Crippen molar-refractivity contribution in [2.45, 2.75) is 19.9 Å². The monoisotopic (exact) mass is 258 g/mol. The van der Waals surface area contributed by atoms with Crippen LogP contribution in [0.1, 0.15) is 13.8 Å². The Morgan fingerprint density at radius 2 is 1.89 bits per heavy atom. The first kappa shape index (κ1) is 14.9. The fourth-order valence-corrected chi connectivity index (χ4v) is 2.22. The molecule has 6 nitrogen and oxygen atoms in total. The minimum absolute atomic E-state index is 0.0264. The summed E-state index contributed by atoms with van der Waals surface area (Å²) in [5.41, 5.74) is 0. The Morgan fingerprint density at radius 1 is 1.28 bits per heavy atom. The third-order valence-electron chi connectivity index (χ3n) is 3.43. The fourth-order valence-electron chi connectivity index (χ4n) is 2.22. The zero-order chi connectivity index (χ0) is 13.7. The van der Waals surface area contributed by atoms with Crippen LogP contribution in [0.4, 0.5) is 0 Å². The molecule has 1 heterocycles. The molecule has 104 valence electrons. The van der Waals surface area contributed by atoms with E-state index in [9.17, 15) is 9.59 Å². The Morgan fingerprint density at radius 3 is 2.39 bits per heavy atom. The molecule has 1 rings (SSSR count). The molecule has 1 saturated heterocycles. The van der Waals surface area contributed by atoms with E-state index in [2.05, 4.69) is 0 Å². The van der Waals surface area contributed by atoms with Gasteiger partial charge in [0.15, 0.2) is 0 Å². The maximum atomic E-state index is 11.9. The van der Waals surface area contributed by atoms with Gasteiger partial charge in [-0.25, -0.2) is 0 Å². The summed E-state index contributed by atoms with van der Waals surface area (Å²) in [6, 6.07) is -0.220. The van der Waals surface area contributed by atoms with Crippen molar-refractivity contribution in [3.8, 4) is 0 Å². The van der Waals surface area contributed by atoms with Crippen LogP contribution in [0.5, 0.6) is 0 Å². The van der Waals surface area contributed by atoms with Crippen LogP contribution in [-0.2, 0) is 14.3 Å². The zero-order valence-corrected chi connectivity index (χ0v) is 11.3. The highest BCUT2D eigenvalue weighted by molar-refractivity contribution is 5.78. The van der Waals surface area contributed by atoms with Crippen LogP contribution < -0.4 is 0 Å². The normalized spacial score (nSPS) is 23.3. The van der Waals surface area contributed by atoms with Crippen molar-refractivity contribution < 1.29 is 19.4 Å². The molecule has 0 aliphatic carbocycles. The lowest BCUT2D eigenvalue weighted by Crippen LogP contribution is -2.46. The highest BCUT2D eigenvalue weighted by atomic mass is 16.5. The number of carbonyl (C=O) groups is 2. The lowest BCUT2D eigenvalue weighted by Gasteiger charge is -2.28. The molecule has 18 heavy (non-hydrogen) atoms. The Labute approximate surface area is 107 Å². The maximum Gasteiger partial charge on any atom is 0.310 e. The van der Waals surface area contributed by atoms with Crippen molar-refractivity contribution in [2.24, 2.45) is 5.92 Å². The average molecular weight is 258 g/mol. The topological polar surface area (TPSA) is 70.1 Å². The van der Waals surface area contributed by atoms with E-state index in [1.54, 1.807) is 16.8 Å². The number of aliphatic carboxylic acids is 1. The van der Waals surface area contributed by atoms with E-state index in [0.717, 1.165) is 0 Å². The number of hydrogen-bond donors (Lipinski definition) is 1. The number of rotatable bonds is 6. The van der Waals surface area contributed by atoms with Gasteiger partial charge in [-0.1, -0.05) is 0 Å². The number of carboxylic acids is 1. The van der Waals surface area contributed by atoms with Gasteiger partial charge >= 0.3 is 5.97 Å². The number of likely N-dealkylation sites (N-methyl/N-ethyl adjacent to an activating group) is 2. The number of hydrogen-bond acceptors (Lipinski definition) is 4. The van der Waals surface area contributed by atoms with Gasteiger partial charge in [-0.15, -0.1) is 0 Å². The second-order valence-electron chi connectivity index (χ2n) is 4.53. The van der Waals surface area contributed by atoms with Crippen LogP contribution >= 0.6 is 0 Å². The summed E-state index contributed by atoms with van der Waals surface area (Å²) in [6.07, 6.45) is 0. The van der Waals surface area contributed by atoms with Gasteiger partial charge in [0.2, 0.25) is 5.91 Å². The second-order valence-corrected chi connectivity index (χ2v) is 4.53. The predicted octanol–water partition coefficient (Wildman–Crippen LogP) is -0.114. The van der Waals surface area contributed by atoms with Crippen molar-refractivity contribution in [3.05, 3.63) is 0 Å². The first-order valence-electron chi connectivity index (χ1n) is 6.29. The summed E-state index contributed by atoms with van der Waals surface area (Å²) in [7, 11) is 1.77. The van der Waals surface area contributed by atoms with Crippen LogP contribution in [0, 0.1) is 5.92 Å². The number of nitrogens with zero attached hydrogens (tertiary/aromatic N) is 2. The number of carboxylic acid groups (broad SMARTS) is 1. The molecule has 1 amide bonds. The molecule has 0 saturated carbocycles. The van der Waals surface area contributed by atoms with E-state index in [0.29, 0.717) is 19.7 Å². The maximum absolute atomic E-state index is 11.9.